The molecule has 1 aliphatic rings. The lowest BCUT2D eigenvalue weighted by Crippen LogP contribution is -2.36. The molecule has 0 saturated carbocycles. The van der Waals surface area contributed by atoms with Crippen LogP contribution in [0.5, 0.6) is 0 Å². The van der Waals surface area contributed by atoms with E-state index in [0.29, 0.717) is 23.0 Å². The molecule has 0 N–H and O–H groups in total. The number of rotatable bonds is 0. The second-order valence-electron chi connectivity index (χ2n) is 7.58. The van der Waals surface area contributed by atoms with E-state index in [-0.39, 0.29) is 16.8 Å². The largest absolute Gasteiger partial charge is 0.296 e. The van der Waals surface area contributed by atoms with Gasteiger partial charge in [0.15, 0.2) is 0 Å². The summed E-state index contributed by atoms with van der Waals surface area (Å²) in [6.07, 6.45) is 1.82. The van der Waals surface area contributed by atoms with E-state index >= 15 is 0 Å². The molecule has 0 unspecified atom stereocenters. The smallest absolute Gasteiger partial charge is 0.261 e. The molecular formula is C22H19FN2O. The van der Waals surface area contributed by atoms with Crippen molar-refractivity contribution in [2.75, 3.05) is 0 Å². The van der Waals surface area contributed by atoms with Crippen LogP contribution < -0.4 is 5.56 Å². The number of nitrogens with zero attached hydrogens (tertiary/aromatic N) is 2. The summed E-state index contributed by atoms with van der Waals surface area (Å²) in [5.41, 5.74) is 2.18. The van der Waals surface area contributed by atoms with E-state index in [4.69, 9.17) is 4.98 Å². The van der Waals surface area contributed by atoms with Gasteiger partial charge in [0.05, 0.1) is 10.9 Å². The van der Waals surface area contributed by atoms with Crippen LogP contribution >= 0.6 is 0 Å². The molecule has 1 aliphatic heterocycles. The Morgan fingerprint density at radius 1 is 1.12 bits per heavy atom. The first-order valence-corrected chi connectivity index (χ1v) is 8.72. The third-order valence-corrected chi connectivity index (χ3v) is 4.82. The molecule has 0 aliphatic carbocycles. The molecule has 3 nitrogen and oxygen atoms in total. The number of hydrogen-bond acceptors (Lipinski definition) is 2. The summed E-state index contributed by atoms with van der Waals surface area (Å²) < 4.78 is 15.1. The van der Waals surface area contributed by atoms with Crippen molar-refractivity contribution >= 4 is 10.9 Å². The first-order valence-electron chi connectivity index (χ1n) is 8.72. The molecule has 0 atom stereocenters. The maximum atomic E-state index is 13.2. The normalized spacial score (nSPS) is 15.2. The zero-order chi connectivity index (χ0) is 18.3. The number of fused-ring (bicyclic) bond motifs is 2. The number of benzene rings is 2. The van der Waals surface area contributed by atoms with E-state index < -0.39 is 0 Å². The van der Waals surface area contributed by atoms with Gasteiger partial charge in [-0.05, 0) is 48.2 Å². The highest BCUT2D eigenvalue weighted by atomic mass is 19.1. The monoisotopic (exact) mass is 346 g/mol. The molecular weight excluding hydrogens is 327 g/mol. The Bertz CT molecular complexity index is 1130. The molecule has 0 bridgehead atoms. The first kappa shape index (κ1) is 16.5. The molecule has 0 spiro atoms. The van der Waals surface area contributed by atoms with Crippen LogP contribution in [-0.4, -0.2) is 9.55 Å². The summed E-state index contributed by atoms with van der Waals surface area (Å²) in [7, 11) is 0. The van der Waals surface area contributed by atoms with Gasteiger partial charge in [-0.15, -0.1) is 0 Å². The average Bonchev–Trinajstić information content (AvgIpc) is 2.60. The van der Waals surface area contributed by atoms with Gasteiger partial charge < -0.3 is 0 Å². The third kappa shape index (κ3) is 3.13. The van der Waals surface area contributed by atoms with Gasteiger partial charge in [0.25, 0.3) is 5.56 Å². The summed E-state index contributed by atoms with van der Waals surface area (Å²) >= 11 is 0. The lowest BCUT2D eigenvalue weighted by atomic mass is 9.85. The zero-order valence-corrected chi connectivity index (χ0v) is 14.8. The highest BCUT2D eigenvalue weighted by Crippen LogP contribution is 2.29. The molecule has 3 aromatic rings. The lowest BCUT2D eigenvalue weighted by molar-refractivity contribution is 0.240. The Balaban J connectivity index is 1.76. The van der Waals surface area contributed by atoms with Gasteiger partial charge >= 0.3 is 0 Å². The summed E-state index contributed by atoms with van der Waals surface area (Å²) in [5, 5.41) is 0.614. The molecule has 4 heteroatoms. The van der Waals surface area contributed by atoms with Gasteiger partial charge in [-0.3, -0.25) is 9.36 Å². The molecule has 2 aromatic carbocycles. The minimum atomic E-state index is -0.306. The van der Waals surface area contributed by atoms with Crippen LogP contribution in [0.25, 0.3) is 10.9 Å². The van der Waals surface area contributed by atoms with Crippen molar-refractivity contribution in [1.82, 2.24) is 9.55 Å². The third-order valence-electron chi connectivity index (χ3n) is 4.82. The predicted molar refractivity (Wildman–Crippen MR) is 100 cm³/mol. The van der Waals surface area contributed by atoms with Gasteiger partial charge in [0.1, 0.15) is 11.6 Å². The molecule has 0 fully saturated rings. The van der Waals surface area contributed by atoms with Crippen LogP contribution in [0.2, 0.25) is 0 Å². The molecule has 130 valence electrons. The number of aromatic nitrogens is 2. The average molecular weight is 346 g/mol. The van der Waals surface area contributed by atoms with Crippen molar-refractivity contribution in [2.24, 2.45) is 5.41 Å². The molecule has 4 rings (SSSR count). The summed E-state index contributed by atoms with van der Waals surface area (Å²) in [6, 6.07) is 11.6. The van der Waals surface area contributed by atoms with Crippen molar-refractivity contribution in [2.45, 2.75) is 33.2 Å². The van der Waals surface area contributed by atoms with E-state index in [2.05, 4.69) is 25.7 Å². The minimum Gasteiger partial charge on any atom is -0.296 e. The summed E-state index contributed by atoms with van der Waals surface area (Å²) in [5.74, 6) is 6.52. The van der Waals surface area contributed by atoms with Crippen LogP contribution in [0.3, 0.4) is 0 Å². The van der Waals surface area contributed by atoms with Gasteiger partial charge in [-0.25, -0.2) is 9.37 Å². The fourth-order valence-corrected chi connectivity index (χ4v) is 3.37. The maximum Gasteiger partial charge on any atom is 0.261 e. The Kier molecular flexibility index (Phi) is 3.88. The second-order valence-corrected chi connectivity index (χ2v) is 7.58. The van der Waals surface area contributed by atoms with Crippen molar-refractivity contribution in [3.05, 3.63) is 75.6 Å². The molecule has 0 radical (unpaired) electrons. The molecule has 1 aromatic heterocycles. The van der Waals surface area contributed by atoms with E-state index in [1.54, 1.807) is 18.2 Å². The van der Waals surface area contributed by atoms with Crippen LogP contribution in [0.15, 0.2) is 47.3 Å². The van der Waals surface area contributed by atoms with Gasteiger partial charge in [-0.1, -0.05) is 31.8 Å². The van der Waals surface area contributed by atoms with E-state index in [0.717, 1.165) is 24.2 Å². The molecule has 0 saturated heterocycles. The summed E-state index contributed by atoms with van der Waals surface area (Å²) in [4.78, 5) is 17.5. The van der Waals surface area contributed by atoms with Crippen LogP contribution in [0, 0.1) is 23.1 Å². The number of hydrogen-bond donors (Lipinski definition) is 0. The van der Waals surface area contributed by atoms with Crippen molar-refractivity contribution in [3.8, 4) is 11.8 Å². The van der Waals surface area contributed by atoms with Crippen LogP contribution in [0.1, 0.15) is 37.2 Å². The van der Waals surface area contributed by atoms with Crippen LogP contribution in [-0.2, 0) is 13.0 Å². The standard InChI is InChI=1S/C22H19FN2O/c1-22(2)11-10-20-24-19-13-16(7-6-15-4-3-5-17(23)12-15)8-9-18(19)21(26)25(20)14-22/h3-5,8-9,12-13H,10-11,14H2,1-2H3. The topological polar surface area (TPSA) is 34.9 Å². The Morgan fingerprint density at radius 2 is 1.88 bits per heavy atom. The molecule has 2 heterocycles. The fraction of sp³-hybridized carbons (Fsp3) is 0.273. The van der Waals surface area contributed by atoms with Gasteiger partial charge in [-0.2, -0.15) is 0 Å². The Morgan fingerprint density at radius 3 is 2.65 bits per heavy atom. The predicted octanol–water partition coefficient (Wildman–Crippen LogP) is 3.91. The lowest BCUT2D eigenvalue weighted by Gasteiger charge is -2.31. The van der Waals surface area contributed by atoms with Gasteiger partial charge in [0, 0.05) is 24.1 Å². The summed E-state index contributed by atoms with van der Waals surface area (Å²) in [6.45, 7) is 5.06. The maximum absolute atomic E-state index is 13.2. The first-order chi connectivity index (χ1) is 12.4. The fourth-order valence-electron chi connectivity index (χ4n) is 3.37. The van der Waals surface area contributed by atoms with Crippen molar-refractivity contribution in [1.29, 1.82) is 0 Å². The molecule has 0 amide bonds. The van der Waals surface area contributed by atoms with Crippen molar-refractivity contribution < 1.29 is 4.39 Å². The van der Waals surface area contributed by atoms with E-state index in [9.17, 15) is 9.18 Å². The SMILES string of the molecule is CC1(C)CCc2nc3cc(C#Cc4cccc(F)c4)ccc3c(=O)n2C1. The quantitative estimate of drug-likeness (QED) is 0.579. The number of halogens is 1. The highest BCUT2D eigenvalue weighted by Gasteiger charge is 2.27. The van der Waals surface area contributed by atoms with Gasteiger partial charge in [0.2, 0.25) is 0 Å². The highest BCUT2D eigenvalue weighted by molar-refractivity contribution is 5.79. The second kappa shape index (κ2) is 6.10. The van der Waals surface area contributed by atoms with E-state index in [1.165, 1.54) is 12.1 Å². The molecule has 26 heavy (non-hydrogen) atoms. The minimum absolute atomic E-state index is 0.0161. The van der Waals surface area contributed by atoms with Crippen molar-refractivity contribution in [3.63, 3.8) is 0 Å². The Labute approximate surface area is 151 Å². The van der Waals surface area contributed by atoms with E-state index in [1.807, 2.05) is 16.7 Å². The number of aryl methyl sites for hydroxylation is 1. The Hall–Kier alpha value is -2.93. The zero-order valence-electron chi connectivity index (χ0n) is 14.8. The van der Waals surface area contributed by atoms with Crippen LogP contribution in [0.4, 0.5) is 4.39 Å².